The Morgan fingerprint density at radius 1 is 0.260 bits per heavy atom. The normalized spacial score (nSPS) is 13.8. The van der Waals surface area contributed by atoms with E-state index in [2.05, 4.69) is 34.6 Å². The molecule has 0 rings (SSSR count). The molecule has 3 N–H and O–H groups in total. The van der Waals surface area contributed by atoms with E-state index in [1.165, 1.54) is 276 Å². The molecule has 0 aromatic rings. The smallest absolute Gasteiger partial charge is 0.462 e. The number of aliphatic hydroxyl groups is 1. The van der Waals surface area contributed by atoms with E-state index in [-0.39, 0.29) is 25.7 Å². The molecule has 5 atom stereocenters. The van der Waals surface area contributed by atoms with Gasteiger partial charge in [-0.2, -0.15) is 0 Å². The molecule has 0 aliphatic rings. The van der Waals surface area contributed by atoms with Crippen LogP contribution in [0.1, 0.15) is 458 Å². The maximum Gasteiger partial charge on any atom is 0.472 e. The lowest BCUT2D eigenvalue weighted by atomic mass is 10.0. The Balaban J connectivity index is 5.17. The molecule has 0 aromatic heterocycles. The molecular formula is C85H166O17P2. The first-order valence-electron chi connectivity index (χ1n) is 44.1. The summed E-state index contributed by atoms with van der Waals surface area (Å²) in [6.45, 7) is 7.32. The average Bonchev–Trinajstić information content (AvgIpc) is 0.928. The van der Waals surface area contributed by atoms with E-state index >= 15 is 0 Å². The summed E-state index contributed by atoms with van der Waals surface area (Å²) in [5.41, 5.74) is 0. The summed E-state index contributed by atoms with van der Waals surface area (Å²) in [5, 5.41) is 10.7. The molecule has 0 bridgehead atoms. The van der Waals surface area contributed by atoms with E-state index in [1.807, 2.05) is 0 Å². The maximum atomic E-state index is 13.1. The zero-order valence-electron chi connectivity index (χ0n) is 68.2. The van der Waals surface area contributed by atoms with Gasteiger partial charge in [-0.3, -0.25) is 37.3 Å². The van der Waals surface area contributed by atoms with Crippen LogP contribution in [0, 0.1) is 5.92 Å². The Morgan fingerprint density at radius 2 is 0.442 bits per heavy atom. The number of esters is 4. The van der Waals surface area contributed by atoms with Crippen molar-refractivity contribution in [2.45, 2.75) is 477 Å². The number of hydrogen-bond acceptors (Lipinski definition) is 15. The Morgan fingerprint density at radius 3 is 0.654 bits per heavy atom. The number of aliphatic hydroxyl groups excluding tert-OH is 1. The highest BCUT2D eigenvalue weighted by Gasteiger charge is 2.30. The van der Waals surface area contributed by atoms with Crippen molar-refractivity contribution in [3.8, 4) is 0 Å². The van der Waals surface area contributed by atoms with Gasteiger partial charge >= 0.3 is 39.5 Å². The van der Waals surface area contributed by atoms with Gasteiger partial charge in [0.25, 0.3) is 0 Å². The third kappa shape index (κ3) is 78.2. The van der Waals surface area contributed by atoms with Crippen molar-refractivity contribution >= 4 is 39.5 Å². The summed E-state index contributed by atoms with van der Waals surface area (Å²) in [6, 6.07) is 0. The lowest BCUT2D eigenvalue weighted by Gasteiger charge is -2.21. The van der Waals surface area contributed by atoms with Crippen molar-refractivity contribution in [1.82, 2.24) is 0 Å². The van der Waals surface area contributed by atoms with Crippen LogP contribution in [0.15, 0.2) is 0 Å². The van der Waals surface area contributed by atoms with Crippen LogP contribution in [0.2, 0.25) is 0 Å². The lowest BCUT2D eigenvalue weighted by Crippen LogP contribution is -2.30. The highest BCUT2D eigenvalue weighted by molar-refractivity contribution is 7.47. The molecule has 17 nitrogen and oxygen atoms in total. The topological polar surface area (TPSA) is 237 Å². The highest BCUT2D eigenvalue weighted by Crippen LogP contribution is 2.45. The van der Waals surface area contributed by atoms with Crippen molar-refractivity contribution in [2.24, 2.45) is 5.92 Å². The SMILES string of the molecule is CCCCCCCCCCCCCCCCCCCCCCCCC(=O)O[C@H](COC(=O)CCCCCCCCCCCCCCCCCCCCCC)COP(=O)(O)OC[C@@H](O)COP(=O)(O)OC[C@@H](COC(=O)CCCCCCCCCC)OC(=O)CCCCCCCCCCCCCC(C)C. The fourth-order valence-electron chi connectivity index (χ4n) is 13.3. The third-order valence-corrected chi connectivity index (χ3v) is 21.9. The molecule has 618 valence electrons. The third-order valence-electron chi connectivity index (χ3n) is 20.0. The van der Waals surface area contributed by atoms with Crippen molar-refractivity contribution in [2.75, 3.05) is 39.6 Å². The molecule has 0 spiro atoms. The molecule has 0 aromatic carbocycles. The predicted molar refractivity (Wildman–Crippen MR) is 428 cm³/mol. The summed E-state index contributed by atoms with van der Waals surface area (Å²) in [4.78, 5) is 73.0. The van der Waals surface area contributed by atoms with Gasteiger partial charge in [-0.05, 0) is 31.6 Å². The van der Waals surface area contributed by atoms with Crippen molar-refractivity contribution in [1.29, 1.82) is 0 Å². The average molecular weight is 1520 g/mol. The van der Waals surface area contributed by atoms with Gasteiger partial charge in [0.1, 0.15) is 19.3 Å². The van der Waals surface area contributed by atoms with Crippen LogP contribution in [0.4, 0.5) is 0 Å². The van der Waals surface area contributed by atoms with E-state index in [4.69, 9.17) is 37.0 Å². The summed E-state index contributed by atoms with van der Waals surface area (Å²) in [5.74, 6) is -1.34. The molecule has 0 aliphatic heterocycles. The van der Waals surface area contributed by atoms with Gasteiger partial charge in [-0.25, -0.2) is 9.13 Å². The first kappa shape index (κ1) is 102. The van der Waals surface area contributed by atoms with Crippen LogP contribution in [0.3, 0.4) is 0 Å². The molecule has 0 amide bonds. The largest absolute Gasteiger partial charge is 0.472 e. The van der Waals surface area contributed by atoms with Gasteiger partial charge in [0.2, 0.25) is 0 Å². The van der Waals surface area contributed by atoms with Crippen LogP contribution in [-0.2, 0) is 65.4 Å². The molecule has 0 fully saturated rings. The number of rotatable bonds is 85. The number of ether oxygens (including phenoxy) is 4. The van der Waals surface area contributed by atoms with E-state index in [0.29, 0.717) is 25.7 Å². The fourth-order valence-corrected chi connectivity index (χ4v) is 14.9. The molecule has 0 aliphatic carbocycles. The summed E-state index contributed by atoms with van der Waals surface area (Å²) < 4.78 is 68.8. The number of phosphoric acid groups is 2. The fraction of sp³-hybridized carbons (Fsp3) is 0.953. The first-order chi connectivity index (χ1) is 50.5. The number of phosphoric ester groups is 2. The van der Waals surface area contributed by atoms with Gasteiger partial charge in [-0.1, -0.05) is 407 Å². The zero-order valence-corrected chi connectivity index (χ0v) is 70.0. The van der Waals surface area contributed by atoms with Gasteiger partial charge in [-0.15, -0.1) is 0 Å². The highest BCUT2D eigenvalue weighted by atomic mass is 31.2. The number of unbranched alkanes of at least 4 members (excludes halogenated alkanes) is 57. The van der Waals surface area contributed by atoms with Gasteiger partial charge in [0, 0.05) is 25.7 Å². The van der Waals surface area contributed by atoms with Crippen LogP contribution >= 0.6 is 15.6 Å². The summed E-state index contributed by atoms with van der Waals surface area (Å²) >= 11 is 0. The minimum atomic E-state index is -4.96. The molecule has 0 radical (unpaired) electrons. The Kier molecular flexibility index (Phi) is 76.3. The van der Waals surface area contributed by atoms with Crippen LogP contribution in [-0.4, -0.2) is 96.7 Å². The Bertz CT molecular complexity index is 1980. The molecule has 0 saturated heterocycles. The monoisotopic (exact) mass is 1520 g/mol. The predicted octanol–water partition coefficient (Wildman–Crippen LogP) is 26.0. The van der Waals surface area contributed by atoms with Crippen LogP contribution in [0.5, 0.6) is 0 Å². The molecular weight excluding hydrogens is 1350 g/mol. The second-order valence-corrected chi connectivity index (χ2v) is 34.0. The first-order valence-corrected chi connectivity index (χ1v) is 47.1. The number of carbonyl (C=O) groups is 4. The second-order valence-electron chi connectivity index (χ2n) is 31.1. The molecule has 2 unspecified atom stereocenters. The number of hydrogen-bond donors (Lipinski definition) is 3. The second kappa shape index (κ2) is 77.8. The molecule has 0 saturated carbocycles. The quantitative estimate of drug-likeness (QED) is 0.0222. The van der Waals surface area contributed by atoms with Gasteiger partial charge in [0.15, 0.2) is 12.2 Å². The van der Waals surface area contributed by atoms with Gasteiger partial charge < -0.3 is 33.8 Å². The zero-order chi connectivity index (χ0) is 76.2. The van der Waals surface area contributed by atoms with E-state index in [9.17, 15) is 43.2 Å². The number of carbonyl (C=O) groups excluding carboxylic acids is 4. The van der Waals surface area contributed by atoms with E-state index < -0.39 is 97.5 Å². The van der Waals surface area contributed by atoms with Crippen LogP contribution in [0.25, 0.3) is 0 Å². The van der Waals surface area contributed by atoms with Crippen molar-refractivity contribution < 1.29 is 80.2 Å². The molecule has 19 heteroatoms. The van der Waals surface area contributed by atoms with E-state index in [0.717, 1.165) is 102 Å². The Hall–Kier alpha value is -1.94. The minimum absolute atomic E-state index is 0.107. The lowest BCUT2D eigenvalue weighted by molar-refractivity contribution is -0.161. The van der Waals surface area contributed by atoms with Gasteiger partial charge in [0.05, 0.1) is 26.4 Å². The standard InChI is InChI=1S/C85H166O17P2/c1-6-9-12-15-18-21-23-25-27-29-31-33-34-36-38-40-42-46-50-55-60-65-70-84(89)102-81(75-96-83(88)69-64-59-54-49-45-41-39-37-35-32-30-28-26-24-22-19-16-13-10-7-2)77-100-104(93,94)98-73-79(86)72-97-103(91,92)99-76-80(74-95-82(87)68-63-58-53-20-17-14-11-8-3)101-85(90)71-66-61-56-51-47-43-44-48-52-57-62-67-78(4)5/h78-81,86H,6-77H2,1-5H3,(H,91,92)(H,93,94)/t79-,80+,81+/m0/s1. The molecule has 0 heterocycles. The van der Waals surface area contributed by atoms with Crippen molar-refractivity contribution in [3.05, 3.63) is 0 Å². The maximum absolute atomic E-state index is 13.1. The van der Waals surface area contributed by atoms with Crippen LogP contribution < -0.4 is 0 Å². The minimum Gasteiger partial charge on any atom is -0.462 e. The molecule has 104 heavy (non-hydrogen) atoms. The Labute approximate surface area is 638 Å². The summed E-state index contributed by atoms with van der Waals surface area (Å²) in [7, 11) is -9.92. The van der Waals surface area contributed by atoms with E-state index in [1.54, 1.807) is 0 Å². The summed E-state index contributed by atoms with van der Waals surface area (Å²) in [6.07, 6.45) is 71.1. The van der Waals surface area contributed by atoms with Crippen molar-refractivity contribution in [3.63, 3.8) is 0 Å².